The Morgan fingerprint density at radius 3 is 2.40 bits per heavy atom. The van der Waals surface area contributed by atoms with Gasteiger partial charge in [-0.25, -0.2) is 9.78 Å². The van der Waals surface area contributed by atoms with E-state index in [2.05, 4.69) is 10.3 Å². The highest BCUT2D eigenvalue weighted by atomic mass is 32.1. The van der Waals surface area contributed by atoms with Crippen LogP contribution in [-0.4, -0.2) is 88.9 Å². The van der Waals surface area contributed by atoms with Crippen molar-refractivity contribution in [3.63, 3.8) is 0 Å². The van der Waals surface area contributed by atoms with Gasteiger partial charge in [0.1, 0.15) is 6.54 Å². The van der Waals surface area contributed by atoms with Gasteiger partial charge in [-0.1, -0.05) is 19.3 Å². The number of hydrogen-bond donors (Lipinski definition) is 1. The lowest BCUT2D eigenvalue weighted by molar-refractivity contribution is -0.139. The number of nitrogens with one attached hydrogen (secondary N) is 1. The summed E-state index contributed by atoms with van der Waals surface area (Å²) < 4.78 is 5.01. The minimum absolute atomic E-state index is 0.0498. The van der Waals surface area contributed by atoms with E-state index in [4.69, 9.17) is 4.74 Å². The van der Waals surface area contributed by atoms with Crippen molar-refractivity contribution in [2.75, 3.05) is 44.6 Å². The van der Waals surface area contributed by atoms with E-state index in [1.54, 1.807) is 27.0 Å². The number of thiazole rings is 1. The van der Waals surface area contributed by atoms with Gasteiger partial charge in [0.25, 0.3) is 0 Å². The number of amides is 4. The molecule has 1 aliphatic heterocycles. The SMILES string of the molecule is CCOC(=O)N1CCN(C(=O)Cc2csc(NC(=O)CN(C(=O)C3CCCCC3)C3CC3)n2)CC1. The molecule has 4 amide bonds. The van der Waals surface area contributed by atoms with Crippen LogP contribution in [0.5, 0.6) is 0 Å². The first-order chi connectivity index (χ1) is 16.9. The minimum Gasteiger partial charge on any atom is -0.450 e. The van der Waals surface area contributed by atoms with Crippen LogP contribution in [-0.2, 0) is 25.5 Å². The van der Waals surface area contributed by atoms with Crippen LogP contribution in [0.15, 0.2) is 5.38 Å². The van der Waals surface area contributed by atoms with Crippen LogP contribution >= 0.6 is 11.3 Å². The first kappa shape index (κ1) is 25.4. The van der Waals surface area contributed by atoms with Crippen molar-refractivity contribution in [2.24, 2.45) is 5.92 Å². The number of hydrogen-bond acceptors (Lipinski definition) is 7. The molecule has 192 valence electrons. The van der Waals surface area contributed by atoms with Gasteiger partial charge in [0.15, 0.2) is 5.13 Å². The van der Waals surface area contributed by atoms with Crippen LogP contribution < -0.4 is 5.32 Å². The monoisotopic (exact) mass is 505 g/mol. The average Bonchev–Trinajstić information content (AvgIpc) is 3.63. The number of rotatable bonds is 8. The third-order valence-corrected chi connectivity index (χ3v) is 7.63. The highest BCUT2D eigenvalue weighted by molar-refractivity contribution is 7.13. The van der Waals surface area contributed by atoms with Gasteiger partial charge in [0.2, 0.25) is 17.7 Å². The fraction of sp³-hybridized carbons (Fsp3) is 0.708. The number of ether oxygens (including phenoxy) is 1. The number of nitrogens with zero attached hydrogens (tertiary/aromatic N) is 4. The minimum atomic E-state index is -0.347. The number of carbonyl (C=O) groups excluding carboxylic acids is 4. The molecule has 3 fully saturated rings. The number of aromatic nitrogens is 1. The Morgan fingerprint density at radius 2 is 1.74 bits per heavy atom. The van der Waals surface area contributed by atoms with Gasteiger partial charge in [-0.05, 0) is 32.6 Å². The van der Waals surface area contributed by atoms with Crippen LogP contribution in [0.4, 0.5) is 9.93 Å². The molecule has 0 atom stereocenters. The molecule has 3 aliphatic rings. The molecule has 1 aromatic rings. The molecule has 0 radical (unpaired) electrons. The molecule has 1 saturated heterocycles. The fourth-order valence-electron chi connectivity index (χ4n) is 4.74. The summed E-state index contributed by atoms with van der Waals surface area (Å²) in [6.07, 6.45) is 6.92. The number of carbonyl (C=O) groups is 4. The van der Waals surface area contributed by atoms with Crippen LogP contribution in [0.25, 0.3) is 0 Å². The maximum absolute atomic E-state index is 13.0. The molecule has 2 heterocycles. The Labute approximate surface area is 210 Å². The second-order valence-electron chi connectivity index (χ2n) is 9.47. The summed E-state index contributed by atoms with van der Waals surface area (Å²) >= 11 is 1.28. The predicted molar refractivity (Wildman–Crippen MR) is 131 cm³/mol. The smallest absolute Gasteiger partial charge is 0.409 e. The van der Waals surface area contributed by atoms with Gasteiger partial charge in [-0.2, -0.15) is 0 Å². The first-order valence-electron chi connectivity index (χ1n) is 12.7. The normalized spacial score (nSPS) is 18.8. The van der Waals surface area contributed by atoms with Crippen molar-refractivity contribution >= 4 is 40.3 Å². The van der Waals surface area contributed by atoms with Gasteiger partial charge in [-0.3, -0.25) is 14.4 Å². The first-order valence-corrected chi connectivity index (χ1v) is 13.6. The molecule has 2 saturated carbocycles. The molecule has 2 aliphatic carbocycles. The van der Waals surface area contributed by atoms with Gasteiger partial charge in [-0.15, -0.1) is 11.3 Å². The summed E-state index contributed by atoms with van der Waals surface area (Å²) in [5, 5.41) is 5.02. The van der Waals surface area contributed by atoms with E-state index >= 15 is 0 Å². The van der Waals surface area contributed by atoms with Gasteiger partial charge >= 0.3 is 6.09 Å². The summed E-state index contributed by atoms with van der Waals surface area (Å²) in [7, 11) is 0. The maximum atomic E-state index is 13.0. The standard InChI is InChI=1S/C24H35N5O5S/c1-2-34-24(33)28-12-10-27(11-13-28)21(31)14-18-16-35-23(25-18)26-20(30)15-29(19-8-9-19)22(32)17-6-4-3-5-7-17/h16-17,19H,2-15H2,1H3,(H,25,26,30). The Morgan fingerprint density at radius 1 is 1.06 bits per heavy atom. The summed E-state index contributed by atoms with van der Waals surface area (Å²) in [6, 6.07) is 0.184. The predicted octanol–water partition coefficient (Wildman–Crippen LogP) is 2.50. The van der Waals surface area contributed by atoms with Crippen molar-refractivity contribution in [1.29, 1.82) is 0 Å². The molecule has 1 N–H and O–H groups in total. The summed E-state index contributed by atoms with van der Waals surface area (Å²) in [5.74, 6) is -0.136. The van der Waals surface area contributed by atoms with Gasteiger partial charge in [0, 0.05) is 43.5 Å². The van der Waals surface area contributed by atoms with Crippen LogP contribution in [0.2, 0.25) is 0 Å². The van der Waals surface area contributed by atoms with Gasteiger partial charge in [0.05, 0.1) is 18.7 Å². The van der Waals surface area contributed by atoms with E-state index in [1.807, 2.05) is 0 Å². The van der Waals surface area contributed by atoms with E-state index in [9.17, 15) is 19.2 Å². The molecule has 0 spiro atoms. The zero-order valence-electron chi connectivity index (χ0n) is 20.4. The third-order valence-electron chi connectivity index (χ3n) is 6.83. The molecule has 10 nitrogen and oxygen atoms in total. The van der Waals surface area contributed by atoms with E-state index in [1.165, 1.54) is 17.8 Å². The Bertz CT molecular complexity index is 919. The van der Waals surface area contributed by atoms with E-state index < -0.39 is 0 Å². The molecule has 35 heavy (non-hydrogen) atoms. The Balaban J connectivity index is 1.24. The van der Waals surface area contributed by atoms with Crippen molar-refractivity contribution < 1.29 is 23.9 Å². The van der Waals surface area contributed by atoms with Crippen LogP contribution in [0.1, 0.15) is 57.6 Å². The molecule has 11 heteroatoms. The zero-order chi connectivity index (χ0) is 24.8. The lowest BCUT2D eigenvalue weighted by Gasteiger charge is -2.34. The third kappa shape index (κ3) is 6.93. The fourth-order valence-corrected chi connectivity index (χ4v) is 5.46. The number of piperazine rings is 1. The molecule has 1 aromatic heterocycles. The molecule has 0 aromatic carbocycles. The molecule has 0 bridgehead atoms. The maximum Gasteiger partial charge on any atom is 0.409 e. The topological polar surface area (TPSA) is 112 Å². The molecule has 4 rings (SSSR count). The summed E-state index contributed by atoms with van der Waals surface area (Å²) in [5.41, 5.74) is 0.598. The van der Waals surface area contributed by atoms with Crippen LogP contribution in [0, 0.1) is 5.92 Å². The van der Waals surface area contributed by atoms with Crippen LogP contribution in [0.3, 0.4) is 0 Å². The highest BCUT2D eigenvalue weighted by Crippen LogP contribution is 2.32. The second kappa shape index (κ2) is 11.8. The van der Waals surface area contributed by atoms with E-state index in [-0.39, 0.29) is 48.7 Å². The molecular formula is C24H35N5O5S. The highest BCUT2D eigenvalue weighted by Gasteiger charge is 2.37. The lowest BCUT2D eigenvalue weighted by atomic mass is 9.88. The Kier molecular flexibility index (Phi) is 8.59. The summed E-state index contributed by atoms with van der Waals surface area (Å²) in [6.45, 7) is 3.95. The van der Waals surface area contributed by atoms with Crippen molar-refractivity contribution in [1.82, 2.24) is 19.7 Å². The summed E-state index contributed by atoms with van der Waals surface area (Å²) in [4.78, 5) is 59.7. The molecular weight excluding hydrogens is 470 g/mol. The second-order valence-corrected chi connectivity index (χ2v) is 10.3. The quantitative estimate of drug-likeness (QED) is 0.581. The number of anilines is 1. The van der Waals surface area contributed by atoms with Crippen molar-refractivity contribution in [3.05, 3.63) is 11.1 Å². The van der Waals surface area contributed by atoms with E-state index in [0.29, 0.717) is 43.6 Å². The average molecular weight is 506 g/mol. The van der Waals surface area contributed by atoms with E-state index in [0.717, 1.165) is 38.5 Å². The van der Waals surface area contributed by atoms with Gasteiger partial charge < -0.3 is 24.8 Å². The zero-order valence-corrected chi connectivity index (χ0v) is 21.2. The Hall–Kier alpha value is -2.69. The molecule has 0 unspecified atom stereocenters. The van der Waals surface area contributed by atoms with Crippen molar-refractivity contribution in [3.8, 4) is 0 Å². The van der Waals surface area contributed by atoms with Crippen molar-refractivity contribution in [2.45, 2.75) is 64.3 Å². The largest absolute Gasteiger partial charge is 0.450 e. The lowest BCUT2D eigenvalue weighted by Crippen LogP contribution is -2.51.